The average molecular weight is 249 g/mol. The van der Waals surface area contributed by atoms with Gasteiger partial charge in [0, 0.05) is 30.4 Å². The number of hydrogen-bond donors (Lipinski definition) is 1. The van der Waals surface area contributed by atoms with E-state index in [9.17, 15) is 0 Å². The van der Waals surface area contributed by atoms with Crippen LogP contribution in [0, 0.1) is 11.8 Å². The Morgan fingerprint density at radius 2 is 2.11 bits per heavy atom. The van der Waals surface area contributed by atoms with Gasteiger partial charge in [0.2, 0.25) is 0 Å². The highest BCUT2D eigenvalue weighted by Gasteiger charge is 2.23. The zero-order valence-electron chi connectivity index (χ0n) is 12.2. The lowest BCUT2D eigenvalue weighted by Gasteiger charge is -2.32. The standard InChI is InChI=1S/C15H27N3/c1-11(2)18-10-14(9-17-18)8-16-15-6-5-12(3)13(4)7-15/h9-13,15-16H,5-8H2,1-4H3. The van der Waals surface area contributed by atoms with Crippen molar-refractivity contribution in [3.8, 4) is 0 Å². The maximum absolute atomic E-state index is 4.38. The Labute approximate surface area is 111 Å². The summed E-state index contributed by atoms with van der Waals surface area (Å²) in [5, 5.41) is 8.07. The zero-order valence-corrected chi connectivity index (χ0v) is 12.2. The van der Waals surface area contributed by atoms with E-state index in [1.54, 1.807) is 0 Å². The Morgan fingerprint density at radius 1 is 1.33 bits per heavy atom. The largest absolute Gasteiger partial charge is 0.310 e. The molecule has 0 aliphatic heterocycles. The fraction of sp³-hybridized carbons (Fsp3) is 0.800. The van der Waals surface area contributed by atoms with Crippen LogP contribution in [0.25, 0.3) is 0 Å². The minimum absolute atomic E-state index is 0.453. The molecule has 0 saturated heterocycles. The van der Waals surface area contributed by atoms with Gasteiger partial charge in [-0.3, -0.25) is 4.68 Å². The summed E-state index contributed by atoms with van der Waals surface area (Å²) in [5.74, 6) is 1.75. The van der Waals surface area contributed by atoms with Gasteiger partial charge in [-0.05, 0) is 44.9 Å². The van der Waals surface area contributed by atoms with Gasteiger partial charge in [-0.15, -0.1) is 0 Å². The van der Waals surface area contributed by atoms with E-state index in [1.165, 1.54) is 24.8 Å². The molecule has 0 spiro atoms. The molecule has 1 N–H and O–H groups in total. The van der Waals surface area contributed by atoms with Gasteiger partial charge in [0.1, 0.15) is 0 Å². The molecule has 0 amide bonds. The van der Waals surface area contributed by atoms with Crippen LogP contribution in [0.15, 0.2) is 12.4 Å². The summed E-state index contributed by atoms with van der Waals surface area (Å²) in [7, 11) is 0. The molecule has 0 bridgehead atoms. The molecular weight excluding hydrogens is 222 g/mol. The first-order valence-corrected chi connectivity index (χ1v) is 7.32. The van der Waals surface area contributed by atoms with Crippen molar-refractivity contribution in [3.63, 3.8) is 0 Å². The second-order valence-corrected chi connectivity index (χ2v) is 6.27. The minimum atomic E-state index is 0.453. The molecule has 1 aromatic heterocycles. The molecule has 3 unspecified atom stereocenters. The highest BCUT2D eigenvalue weighted by atomic mass is 15.3. The Balaban J connectivity index is 1.80. The van der Waals surface area contributed by atoms with E-state index in [1.807, 2.05) is 10.9 Å². The van der Waals surface area contributed by atoms with E-state index >= 15 is 0 Å². The van der Waals surface area contributed by atoms with Crippen LogP contribution in [-0.4, -0.2) is 15.8 Å². The first-order chi connectivity index (χ1) is 8.56. The molecule has 1 aromatic rings. The topological polar surface area (TPSA) is 29.9 Å². The molecule has 1 heterocycles. The monoisotopic (exact) mass is 249 g/mol. The molecule has 3 atom stereocenters. The summed E-state index contributed by atoms with van der Waals surface area (Å²) in [6, 6.07) is 1.15. The predicted molar refractivity (Wildman–Crippen MR) is 75.4 cm³/mol. The van der Waals surface area contributed by atoms with Crippen LogP contribution in [0.2, 0.25) is 0 Å². The van der Waals surface area contributed by atoms with Gasteiger partial charge in [-0.25, -0.2) is 0 Å². The number of hydrogen-bond acceptors (Lipinski definition) is 2. The SMILES string of the molecule is CC1CCC(NCc2cnn(C(C)C)c2)CC1C. The zero-order chi connectivity index (χ0) is 13.1. The van der Waals surface area contributed by atoms with E-state index in [0.29, 0.717) is 12.1 Å². The van der Waals surface area contributed by atoms with Gasteiger partial charge in [0.05, 0.1) is 6.20 Å². The second kappa shape index (κ2) is 5.87. The molecule has 0 aromatic carbocycles. The Kier molecular flexibility index (Phi) is 4.44. The molecule has 1 fully saturated rings. The molecule has 1 aliphatic carbocycles. The molecule has 18 heavy (non-hydrogen) atoms. The first-order valence-electron chi connectivity index (χ1n) is 7.32. The highest BCUT2D eigenvalue weighted by Crippen LogP contribution is 2.29. The third kappa shape index (κ3) is 3.35. The minimum Gasteiger partial charge on any atom is -0.310 e. The van der Waals surface area contributed by atoms with Gasteiger partial charge in [0.25, 0.3) is 0 Å². The van der Waals surface area contributed by atoms with Crippen molar-refractivity contribution < 1.29 is 0 Å². The maximum Gasteiger partial charge on any atom is 0.0534 e. The Bertz CT molecular complexity index is 370. The summed E-state index contributed by atoms with van der Waals surface area (Å²) >= 11 is 0. The summed E-state index contributed by atoms with van der Waals surface area (Å²) in [6.45, 7) is 10.0. The predicted octanol–water partition coefficient (Wildman–Crippen LogP) is 3.38. The van der Waals surface area contributed by atoms with Gasteiger partial charge in [-0.2, -0.15) is 5.10 Å². The molecule has 3 nitrogen and oxygen atoms in total. The molecule has 102 valence electrons. The molecule has 1 saturated carbocycles. The number of rotatable bonds is 4. The third-order valence-corrected chi connectivity index (χ3v) is 4.38. The Morgan fingerprint density at radius 3 is 2.72 bits per heavy atom. The first kappa shape index (κ1) is 13.6. The van der Waals surface area contributed by atoms with E-state index < -0.39 is 0 Å². The van der Waals surface area contributed by atoms with Crippen LogP contribution in [0.1, 0.15) is 58.6 Å². The quantitative estimate of drug-likeness (QED) is 0.886. The second-order valence-electron chi connectivity index (χ2n) is 6.27. The normalized spacial score (nSPS) is 28.8. The number of nitrogens with zero attached hydrogens (tertiary/aromatic N) is 2. The van der Waals surface area contributed by atoms with Crippen LogP contribution in [-0.2, 0) is 6.54 Å². The van der Waals surface area contributed by atoms with Crippen LogP contribution < -0.4 is 5.32 Å². The molecule has 2 rings (SSSR count). The van der Waals surface area contributed by atoms with Gasteiger partial charge in [0.15, 0.2) is 0 Å². The highest BCUT2D eigenvalue weighted by molar-refractivity contribution is 5.04. The van der Waals surface area contributed by atoms with Gasteiger partial charge >= 0.3 is 0 Å². The van der Waals surface area contributed by atoms with E-state index in [0.717, 1.165) is 18.4 Å². The lowest BCUT2D eigenvalue weighted by molar-refractivity contribution is 0.225. The van der Waals surface area contributed by atoms with E-state index in [4.69, 9.17) is 0 Å². The van der Waals surface area contributed by atoms with Crippen LogP contribution >= 0.6 is 0 Å². The number of aromatic nitrogens is 2. The van der Waals surface area contributed by atoms with Crippen molar-refractivity contribution in [2.45, 2.75) is 65.6 Å². The van der Waals surface area contributed by atoms with Crippen molar-refractivity contribution in [3.05, 3.63) is 18.0 Å². The number of nitrogens with one attached hydrogen (secondary N) is 1. The van der Waals surface area contributed by atoms with Crippen LogP contribution in [0.4, 0.5) is 0 Å². The van der Waals surface area contributed by atoms with Crippen molar-refractivity contribution >= 4 is 0 Å². The summed E-state index contributed by atoms with van der Waals surface area (Å²) < 4.78 is 2.03. The van der Waals surface area contributed by atoms with Crippen molar-refractivity contribution in [1.29, 1.82) is 0 Å². The molecule has 1 aliphatic rings. The van der Waals surface area contributed by atoms with E-state index in [2.05, 4.69) is 44.3 Å². The lowest BCUT2D eigenvalue weighted by atomic mass is 9.79. The van der Waals surface area contributed by atoms with Crippen molar-refractivity contribution in [1.82, 2.24) is 15.1 Å². The van der Waals surface area contributed by atoms with Gasteiger partial charge in [-0.1, -0.05) is 13.8 Å². The molecular formula is C15H27N3. The molecule has 3 heteroatoms. The summed E-state index contributed by atoms with van der Waals surface area (Å²) in [6.07, 6.45) is 8.15. The average Bonchev–Trinajstić information content (AvgIpc) is 2.79. The van der Waals surface area contributed by atoms with Crippen LogP contribution in [0.5, 0.6) is 0 Å². The fourth-order valence-electron chi connectivity index (χ4n) is 2.75. The Hall–Kier alpha value is -0.830. The smallest absolute Gasteiger partial charge is 0.0534 e. The maximum atomic E-state index is 4.38. The van der Waals surface area contributed by atoms with Crippen molar-refractivity contribution in [2.75, 3.05) is 0 Å². The third-order valence-electron chi connectivity index (χ3n) is 4.38. The lowest BCUT2D eigenvalue weighted by Crippen LogP contribution is -2.35. The molecule has 0 radical (unpaired) electrons. The van der Waals surface area contributed by atoms with Crippen LogP contribution in [0.3, 0.4) is 0 Å². The fourth-order valence-corrected chi connectivity index (χ4v) is 2.75. The van der Waals surface area contributed by atoms with E-state index in [-0.39, 0.29) is 0 Å². The summed E-state index contributed by atoms with van der Waals surface area (Å²) in [5.41, 5.74) is 1.30. The summed E-state index contributed by atoms with van der Waals surface area (Å²) in [4.78, 5) is 0. The van der Waals surface area contributed by atoms with Crippen molar-refractivity contribution in [2.24, 2.45) is 11.8 Å². The van der Waals surface area contributed by atoms with Gasteiger partial charge < -0.3 is 5.32 Å².